The van der Waals surface area contributed by atoms with E-state index in [0.717, 1.165) is 41.5 Å². The number of carbonyl (C=O) groups excluding carboxylic acids is 1. The standard InChI is InChI=1S/C11H11BrO2/c12-10-6-8-2-1-5-14-11(8)9(7-10)3-4-13/h4,6-7H,1-3,5H2. The number of rotatable bonds is 2. The first-order valence-electron chi connectivity index (χ1n) is 4.69. The van der Waals surface area contributed by atoms with Crippen molar-refractivity contribution in [2.24, 2.45) is 0 Å². The van der Waals surface area contributed by atoms with E-state index in [2.05, 4.69) is 22.0 Å². The first kappa shape index (κ1) is 9.71. The molecule has 0 saturated carbocycles. The summed E-state index contributed by atoms with van der Waals surface area (Å²) >= 11 is 3.44. The van der Waals surface area contributed by atoms with Crippen molar-refractivity contribution in [3.8, 4) is 5.75 Å². The summed E-state index contributed by atoms with van der Waals surface area (Å²) < 4.78 is 6.61. The van der Waals surface area contributed by atoms with Crippen LogP contribution in [-0.4, -0.2) is 12.9 Å². The smallest absolute Gasteiger partial charge is 0.126 e. The molecule has 2 rings (SSSR count). The molecule has 1 aliphatic rings. The zero-order chi connectivity index (χ0) is 9.97. The number of hydrogen-bond acceptors (Lipinski definition) is 2. The minimum absolute atomic E-state index is 0.432. The lowest BCUT2D eigenvalue weighted by atomic mass is 10.0. The normalized spacial score (nSPS) is 14.4. The van der Waals surface area contributed by atoms with E-state index in [4.69, 9.17) is 4.74 Å². The van der Waals surface area contributed by atoms with E-state index >= 15 is 0 Å². The monoisotopic (exact) mass is 254 g/mol. The van der Waals surface area contributed by atoms with Crippen LogP contribution in [0.2, 0.25) is 0 Å². The van der Waals surface area contributed by atoms with Gasteiger partial charge >= 0.3 is 0 Å². The molecular weight excluding hydrogens is 244 g/mol. The third-order valence-corrected chi connectivity index (χ3v) is 2.81. The summed E-state index contributed by atoms with van der Waals surface area (Å²) in [4.78, 5) is 10.5. The number of aryl methyl sites for hydroxylation is 1. The summed E-state index contributed by atoms with van der Waals surface area (Å²) in [5, 5.41) is 0. The minimum Gasteiger partial charge on any atom is -0.493 e. The highest BCUT2D eigenvalue weighted by atomic mass is 79.9. The molecule has 0 spiro atoms. The molecule has 3 heteroatoms. The van der Waals surface area contributed by atoms with Crippen LogP contribution in [0.25, 0.3) is 0 Å². The topological polar surface area (TPSA) is 26.3 Å². The van der Waals surface area contributed by atoms with E-state index in [-0.39, 0.29) is 0 Å². The van der Waals surface area contributed by atoms with Gasteiger partial charge in [0, 0.05) is 16.5 Å². The quantitative estimate of drug-likeness (QED) is 0.759. The molecule has 2 nitrogen and oxygen atoms in total. The summed E-state index contributed by atoms with van der Waals surface area (Å²) in [6.07, 6.45) is 3.45. The summed E-state index contributed by atoms with van der Waals surface area (Å²) in [7, 11) is 0. The second-order valence-electron chi connectivity index (χ2n) is 3.38. The SMILES string of the molecule is O=CCc1cc(Br)cc2c1OCCC2. The van der Waals surface area contributed by atoms with Crippen molar-refractivity contribution in [1.29, 1.82) is 0 Å². The van der Waals surface area contributed by atoms with E-state index < -0.39 is 0 Å². The molecule has 14 heavy (non-hydrogen) atoms. The van der Waals surface area contributed by atoms with Gasteiger partial charge in [-0.05, 0) is 30.5 Å². The zero-order valence-corrected chi connectivity index (χ0v) is 9.34. The Bertz CT molecular complexity index is 361. The fraction of sp³-hybridized carbons (Fsp3) is 0.364. The van der Waals surface area contributed by atoms with Crippen molar-refractivity contribution in [2.45, 2.75) is 19.3 Å². The lowest BCUT2D eigenvalue weighted by Crippen LogP contribution is -2.10. The predicted molar refractivity (Wildman–Crippen MR) is 57.7 cm³/mol. The van der Waals surface area contributed by atoms with Crippen LogP contribution in [0.15, 0.2) is 16.6 Å². The fourth-order valence-electron chi connectivity index (χ4n) is 1.76. The fourth-order valence-corrected chi connectivity index (χ4v) is 2.31. The number of hydrogen-bond donors (Lipinski definition) is 0. The Morgan fingerprint density at radius 2 is 2.36 bits per heavy atom. The van der Waals surface area contributed by atoms with E-state index in [1.807, 2.05) is 6.07 Å². The molecule has 0 atom stereocenters. The van der Waals surface area contributed by atoms with Gasteiger partial charge in [0.05, 0.1) is 6.61 Å². The van der Waals surface area contributed by atoms with Gasteiger partial charge in [0.15, 0.2) is 0 Å². The third-order valence-electron chi connectivity index (χ3n) is 2.35. The molecule has 1 aliphatic heterocycles. The van der Waals surface area contributed by atoms with E-state index in [1.165, 1.54) is 5.56 Å². The highest BCUT2D eigenvalue weighted by Crippen LogP contribution is 2.32. The Balaban J connectivity index is 2.46. The molecule has 1 heterocycles. The van der Waals surface area contributed by atoms with Crippen LogP contribution in [-0.2, 0) is 17.6 Å². The Hall–Kier alpha value is -0.830. The molecular formula is C11H11BrO2. The van der Waals surface area contributed by atoms with Gasteiger partial charge in [0.1, 0.15) is 12.0 Å². The third kappa shape index (κ3) is 1.82. The summed E-state index contributed by atoms with van der Waals surface area (Å²) in [5.74, 6) is 0.923. The van der Waals surface area contributed by atoms with Crippen LogP contribution >= 0.6 is 15.9 Å². The van der Waals surface area contributed by atoms with Gasteiger partial charge in [0.25, 0.3) is 0 Å². The molecule has 0 radical (unpaired) electrons. The summed E-state index contributed by atoms with van der Waals surface area (Å²) in [5.41, 5.74) is 2.20. The average molecular weight is 255 g/mol. The van der Waals surface area contributed by atoms with Gasteiger partial charge in [-0.3, -0.25) is 0 Å². The van der Waals surface area contributed by atoms with Crippen LogP contribution in [0.4, 0.5) is 0 Å². The van der Waals surface area contributed by atoms with Crippen LogP contribution < -0.4 is 4.74 Å². The molecule has 1 aromatic rings. The van der Waals surface area contributed by atoms with Crippen LogP contribution in [0, 0.1) is 0 Å². The number of carbonyl (C=O) groups is 1. The van der Waals surface area contributed by atoms with Gasteiger partial charge in [-0.15, -0.1) is 0 Å². The first-order chi connectivity index (χ1) is 6.81. The van der Waals surface area contributed by atoms with Gasteiger partial charge in [-0.1, -0.05) is 15.9 Å². The maximum Gasteiger partial charge on any atom is 0.126 e. The molecule has 0 unspecified atom stereocenters. The highest BCUT2D eigenvalue weighted by molar-refractivity contribution is 9.10. The van der Waals surface area contributed by atoms with Crippen LogP contribution in [0.5, 0.6) is 5.75 Å². The molecule has 0 amide bonds. The van der Waals surface area contributed by atoms with Crippen LogP contribution in [0.1, 0.15) is 17.5 Å². The van der Waals surface area contributed by atoms with E-state index in [1.54, 1.807) is 0 Å². The van der Waals surface area contributed by atoms with Crippen molar-refractivity contribution >= 4 is 22.2 Å². The lowest BCUT2D eigenvalue weighted by molar-refractivity contribution is -0.107. The number of ether oxygens (including phenoxy) is 1. The van der Waals surface area contributed by atoms with Crippen molar-refractivity contribution in [3.63, 3.8) is 0 Å². The average Bonchev–Trinajstić information content (AvgIpc) is 2.18. The Labute approximate surface area is 91.4 Å². The summed E-state index contributed by atoms with van der Waals surface area (Å²) in [6.45, 7) is 0.764. The van der Waals surface area contributed by atoms with Crippen molar-refractivity contribution < 1.29 is 9.53 Å². The van der Waals surface area contributed by atoms with Gasteiger partial charge in [-0.2, -0.15) is 0 Å². The highest BCUT2D eigenvalue weighted by Gasteiger charge is 2.15. The van der Waals surface area contributed by atoms with Crippen molar-refractivity contribution in [2.75, 3.05) is 6.61 Å². The molecule has 0 N–H and O–H groups in total. The molecule has 74 valence electrons. The molecule has 0 saturated heterocycles. The molecule has 0 fully saturated rings. The Morgan fingerprint density at radius 3 is 3.14 bits per heavy atom. The Morgan fingerprint density at radius 1 is 1.50 bits per heavy atom. The number of halogens is 1. The number of fused-ring (bicyclic) bond motifs is 1. The maximum absolute atomic E-state index is 10.5. The minimum atomic E-state index is 0.432. The summed E-state index contributed by atoms with van der Waals surface area (Å²) in [6, 6.07) is 4.03. The van der Waals surface area contributed by atoms with Gasteiger partial charge in [-0.25, -0.2) is 0 Å². The van der Waals surface area contributed by atoms with Gasteiger partial charge < -0.3 is 9.53 Å². The Kier molecular flexibility index (Phi) is 2.87. The molecule has 0 aromatic heterocycles. The second-order valence-corrected chi connectivity index (χ2v) is 4.29. The zero-order valence-electron chi connectivity index (χ0n) is 7.75. The number of aldehydes is 1. The second kappa shape index (κ2) is 4.13. The van der Waals surface area contributed by atoms with E-state index in [9.17, 15) is 4.79 Å². The van der Waals surface area contributed by atoms with Crippen LogP contribution in [0.3, 0.4) is 0 Å². The van der Waals surface area contributed by atoms with E-state index in [0.29, 0.717) is 6.42 Å². The van der Waals surface area contributed by atoms with Gasteiger partial charge in [0.2, 0.25) is 0 Å². The van der Waals surface area contributed by atoms with Crippen molar-refractivity contribution in [1.82, 2.24) is 0 Å². The first-order valence-corrected chi connectivity index (χ1v) is 5.48. The van der Waals surface area contributed by atoms with Crippen molar-refractivity contribution in [3.05, 3.63) is 27.7 Å². The maximum atomic E-state index is 10.5. The lowest BCUT2D eigenvalue weighted by Gasteiger charge is -2.20. The molecule has 0 bridgehead atoms. The molecule has 1 aromatic carbocycles. The molecule has 0 aliphatic carbocycles. The predicted octanol–water partition coefficient (Wildman–Crippen LogP) is 2.52. The number of benzene rings is 1. The largest absolute Gasteiger partial charge is 0.493 e.